The minimum absolute atomic E-state index is 0.158. The van der Waals surface area contributed by atoms with Crippen molar-refractivity contribution >= 4 is 21.6 Å². The molecule has 1 amide bonds. The minimum atomic E-state index is -3.65. The highest BCUT2D eigenvalue weighted by molar-refractivity contribution is 7.89. The molecule has 140 valence electrons. The highest BCUT2D eigenvalue weighted by atomic mass is 32.2. The normalized spacial score (nSPS) is 18.2. The van der Waals surface area contributed by atoms with Gasteiger partial charge in [-0.05, 0) is 55.7 Å². The summed E-state index contributed by atoms with van der Waals surface area (Å²) in [7, 11) is -1.85. The van der Waals surface area contributed by atoms with E-state index < -0.39 is 10.0 Å². The van der Waals surface area contributed by atoms with E-state index in [1.54, 1.807) is 23.7 Å². The van der Waals surface area contributed by atoms with Crippen LogP contribution in [0.1, 0.15) is 28.9 Å². The average molecular weight is 377 g/mol. The number of nitrogens with zero attached hydrogens (tertiary/aromatic N) is 2. The molecule has 7 nitrogen and oxygen atoms in total. The van der Waals surface area contributed by atoms with Crippen LogP contribution >= 0.6 is 0 Å². The van der Waals surface area contributed by atoms with Gasteiger partial charge >= 0.3 is 0 Å². The predicted octanol–water partition coefficient (Wildman–Crippen LogP) is 1.73. The summed E-state index contributed by atoms with van der Waals surface area (Å²) in [4.78, 5) is 12.6. The summed E-state index contributed by atoms with van der Waals surface area (Å²) in [6.45, 7) is 2.10. The highest BCUT2D eigenvalue weighted by Crippen LogP contribution is 2.26. The lowest BCUT2D eigenvalue weighted by atomic mass is 10.2. The minimum Gasteiger partial charge on any atom is -0.395 e. The van der Waals surface area contributed by atoms with Crippen molar-refractivity contribution < 1.29 is 18.3 Å². The van der Waals surface area contributed by atoms with Crippen molar-refractivity contribution in [3.63, 3.8) is 0 Å². The Hall–Kier alpha value is -2.16. The third kappa shape index (κ3) is 3.40. The number of sulfonamides is 1. The average Bonchev–Trinajstić information content (AvgIpc) is 3.22. The highest BCUT2D eigenvalue weighted by Gasteiger charge is 2.34. The number of aromatic nitrogens is 1. The number of aliphatic hydroxyl groups excluding tert-OH is 1. The van der Waals surface area contributed by atoms with Crippen molar-refractivity contribution in [2.75, 3.05) is 18.5 Å². The first kappa shape index (κ1) is 18.6. The van der Waals surface area contributed by atoms with Crippen LogP contribution < -0.4 is 5.32 Å². The molecule has 0 unspecified atom stereocenters. The van der Waals surface area contributed by atoms with E-state index in [0.717, 1.165) is 12.0 Å². The molecule has 0 aliphatic carbocycles. The van der Waals surface area contributed by atoms with Gasteiger partial charge in [-0.3, -0.25) is 4.79 Å². The maximum atomic E-state index is 12.7. The molecule has 2 aromatic rings. The fraction of sp³-hybridized carbons (Fsp3) is 0.389. The zero-order valence-corrected chi connectivity index (χ0v) is 15.7. The van der Waals surface area contributed by atoms with Crippen LogP contribution in [0.15, 0.2) is 41.4 Å². The fourth-order valence-corrected chi connectivity index (χ4v) is 5.02. The summed E-state index contributed by atoms with van der Waals surface area (Å²) >= 11 is 0. The number of aliphatic hydroxyl groups is 1. The Morgan fingerprint density at radius 3 is 2.54 bits per heavy atom. The van der Waals surface area contributed by atoms with Crippen molar-refractivity contribution in [3.8, 4) is 0 Å². The van der Waals surface area contributed by atoms with Gasteiger partial charge in [-0.25, -0.2) is 8.42 Å². The number of aryl methyl sites for hydroxylation is 2. The molecule has 1 aliphatic heterocycles. The molecule has 8 heteroatoms. The molecule has 0 spiro atoms. The molecule has 0 saturated carbocycles. The summed E-state index contributed by atoms with van der Waals surface area (Å²) in [6.07, 6.45) is 3.22. The molecule has 1 aromatic heterocycles. The van der Waals surface area contributed by atoms with Crippen molar-refractivity contribution in [2.45, 2.75) is 30.7 Å². The lowest BCUT2D eigenvalue weighted by Gasteiger charge is -2.22. The molecule has 1 aliphatic rings. The van der Waals surface area contributed by atoms with Gasteiger partial charge in [0.25, 0.3) is 5.91 Å². The number of carbonyl (C=O) groups is 1. The van der Waals surface area contributed by atoms with Crippen molar-refractivity contribution in [1.82, 2.24) is 8.87 Å². The van der Waals surface area contributed by atoms with Crippen LogP contribution in [0.4, 0.5) is 5.69 Å². The quantitative estimate of drug-likeness (QED) is 0.830. The fourth-order valence-electron chi connectivity index (χ4n) is 3.34. The second-order valence-electron chi connectivity index (χ2n) is 6.53. The van der Waals surface area contributed by atoms with E-state index in [1.165, 1.54) is 16.4 Å². The summed E-state index contributed by atoms with van der Waals surface area (Å²) < 4.78 is 28.6. The Kier molecular flexibility index (Phi) is 5.17. The van der Waals surface area contributed by atoms with E-state index in [2.05, 4.69) is 5.32 Å². The van der Waals surface area contributed by atoms with E-state index in [9.17, 15) is 18.3 Å². The predicted molar refractivity (Wildman–Crippen MR) is 98.5 cm³/mol. The number of anilines is 1. The molecule has 1 saturated heterocycles. The van der Waals surface area contributed by atoms with Crippen LogP contribution in [0.3, 0.4) is 0 Å². The van der Waals surface area contributed by atoms with Crippen LogP contribution in [0.2, 0.25) is 0 Å². The third-order valence-corrected chi connectivity index (χ3v) is 6.71. The molecule has 2 N–H and O–H groups in total. The molecule has 2 heterocycles. The maximum absolute atomic E-state index is 12.7. The largest absolute Gasteiger partial charge is 0.395 e. The lowest BCUT2D eigenvalue weighted by molar-refractivity contribution is 0.101. The lowest BCUT2D eigenvalue weighted by Crippen LogP contribution is -2.37. The molecule has 3 rings (SSSR count). The molecular formula is C18H23N3O4S. The van der Waals surface area contributed by atoms with Gasteiger partial charge in [0.15, 0.2) is 0 Å². The maximum Gasteiger partial charge on any atom is 0.272 e. The van der Waals surface area contributed by atoms with Crippen LogP contribution in [0.5, 0.6) is 0 Å². The number of benzene rings is 1. The third-order valence-electron chi connectivity index (χ3n) is 4.74. The van der Waals surface area contributed by atoms with Crippen LogP contribution in [-0.2, 0) is 17.1 Å². The van der Waals surface area contributed by atoms with Crippen LogP contribution in [-0.4, -0.2) is 47.5 Å². The number of rotatable bonds is 5. The first-order valence-corrected chi connectivity index (χ1v) is 9.94. The van der Waals surface area contributed by atoms with Gasteiger partial charge in [-0.1, -0.05) is 0 Å². The smallest absolute Gasteiger partial charge is 0.272 e. The van der Waals surface area contributed by atoms with E-state index >= 15 is 0 Å². The summed E-state index contributed by atoms with van der Waals surface area (Å²) in [6, 6.07) is 7.61. The first-order chi connectivity index (χ1) is 12.3. The second kappa shape index (κ2) is 7.22. The molecule has 0 bridgehead atoms. The topological polar surface area (TPSA) is 91.6 Å². The van der Waals surface area contributed by atoms with E-state index in [0.29, 0.717) is 24.3 Å². The number of amides is 1. The number of hydrogen-bond acceptors (Lipinski definition) is 4. The Bertz CT molecular complexity index is 884. The van der Waals surface area contributed by atoms with Crippen LogP contribution in [0.25, 0.3) is 0 Å². The van der Waals surface area contributed by atoms with Crippen LogP contribution in [0, 0.1) is 6.92 Å². The number of carbonyl (C=O) groups excluding carboxylic acids is 1. The van der Waals surface area contributed by atoms with Gasteiger partial charge in [0.1, 0.15) is 5.69 Å². The van der Waals surface area contributed by atoms with E-state index in [1.807, 2.05) is 19.2 Å². The summed E-state index contributed by atoms with van der Waals surface area (Å²) in [5, 5.41) is 12.2. The molecule has 0 radical (unpaired) electrons. The first-order valence-electron chi connectivity index (χ1n) is 8.50. The molecule has 26 heavy (non-hydrogen) atoms. The van der Waals surface area contributed by atoms with Gasteiger partial charge in [0.2, 0.25) is 10.0 Å². The zero-order valence-electron chi connectivity index (χ0n) is 14.8. The summed E-state index contributed by atoms with van der Waals surface area (Å²) in [5.41, 5.74) is 1.95. The zero-order chi connectivity index (χ0) is 18.9. The Morgan fingerprint density at radius 2 is 1.96 bits per heavy atom. The second-order valence-corrected chi connectivity index (χ2v) is 8.42. The Labute approximate surface area is 153 Å². The SMILES string of the molecule is Cc1ccn(C)c1C(=O)Nc1ccc(S(=O)(=O)N2CCC[C@@H]2CO)cc1. The molecule has 1 aromatic carbocycles. The van der Waals surface area contributed by atoms with Gasteiger partial charge < -0.3 is 15.0 Å². The molecular weight excluding hydrogens is 354 g/mol. The summed E-state index contributed by atoms with van der Waals surface area (Å²) in [5.74, 6) is -0.245. The van der Waals surface area contributed by atoms with Gasteiger partial charge in [0, 0.05) is 31.5 Å². The number of nitrogens with one attached hydrogen (secondary N) is 1. The Morgan fingerprint density at radius 1 is 1.27 bits per heavy atom. The van der Waals surface area contributed by atoms with Crippen molar-refractivity contribution in [2.24, 2.45) is 7.05 Å². The van der Waals surface area contributed by atoms with Gasteiger partial charge in [-0.2, -0.15) is 4.31 Å². The van der Waals surface area contributed by atoms with Crippen molar-refractivity contribution in [1.29, 1.82) is 0 Å². The number of hydrogen-bond donors (Lipinski definition) is 2. The van der Waals surface area contributed by atoms with E-state index in [-0.39, 0.29) is 23.5 Å². The molecule has 1 fully saturated rings. The van der Waals surface area contributed by atoms with Gasteiger partial charge in [0.05, 0.1) is 11.5 Å². The Balaban J connectivity index is 1.77. The standard InChI is InChI=1S/C18H23N3O4S/c1-13-9-11-20(2)17(13)18(23)19-14-5-7-16(8-6-14)26(24,25)21-10-3-4-15(21)12-22/h5-9,11,15,22H,3-4,10,12H2,1-2H3,(H,19,23)/t15-/m1/s1. The molecule has 1 atom stereocenters. The van der Waals surface area contributed by atoms with E-state index in [4.69, 9.17) is 0 Å². The monoisotopic (exact) mass is 377 g/mol. The van der Waals surface area contributed by atoms with Crippen molar-refractivity contribution in [3.05, 3.63) is 47.8 Å². The van der Waals surface area contributed by atoms with Gasteiger partial charge in [-0.15, -0.1) is 0 Å².